The highest BCUT2D eigenvalue weighted by Gasteiger charge is 2.13. The van der Waals surface area contributed by atoms with Gasteiger partial charge in [-0.15, -0.1) is 0 Å². The lowest BCUT2D eigenvalue weighted by atomic mass is 9.99. The molecule has 0 aromatic heterocycles. The van der Waals surface area contributed by atoms with Gasteiger partial charge in [0, 0.05) is 5.56 Å². The van der Waals surface area contributed by atoms with Crippen molar-refractivity contribution in [3.05, 3.63) is 35.1 Å². The summed E-state index contributed by atoms with van der Waals surface area (Å²) in [6.07, 6.45) is 0.723. The molecule has 0 aliphatic carbocycles. The minimum atomic E-state index is -0.615. The number of aliphatic hydroxyl groups is 1. The standard InChI is InChI=1S/C10H14FNO/c1-2-7-4-3-5-8(11)10(7)9(12)6-13/h3-5,9,13H,2,6,12H2,1H3/t9-/m1/s1. The molecule has 0 radical (unpaired) electrons. The van der Waals surface area contributed by atoms with E-state index in [1.807, 2.05) is 13.0 Å². The van der Waals surface area contributed by atoms with Gasteiger partial charge in [-0.2, -0.15) is 0 Å². The van der Waals surface area contributed by atoms with Gasteiger partial charge in [0.15, 0.2) is 0 Å². The van der Waals surface area contributed by atoms with Gasteiger partial charge in [-0.1, -0.05) is 19.1 Å². The molecule has 3 heteroatoms. The molecule has 72 valence electrons. The van der Waals surface area contributed by atoms with Gasteiger partial charge in [0.25, 0.3) is 0 Å². The number of benzene rings is 1. The largest absolute Gasteiger partial charge is 0.394 e. The smallest absolute Gasteiger partial charge is 0.128 e. The number of hydrogen-bond acceptors (Lipinski definition) is 2. The fourth-order valence-corrected chi connectivity index (χ4v) is 1.40. The lowest BCUT2D eigenvalue weighted by Gasteiger charge is -2.13. The van der Waals surface area contributed by atoms with E-state index in [1.54, 1.807) is 6.07 Å². The van der Waals surface area contributed by atoms with E-state index in [9.17, 15) is 4.39 Å². The summed E-state index contributed by atoms with van der Waals surface area (Å²) in [6.45, 7) is 1.70. The molecule has 2 nitrogen and oxygen atoms in total. The summed E-state index contributed by atoms with van der Waals surface area (Å²) in [5, 5.41) is 8.84. The second-order valence-corrected chi connectivity index (χ2v) is 2.96. The van der Waals surface area contributed by atoms with Gasteiger partial charge >= 0.3 is 0 Å². The molecule has 0 amide bonds. The lowest BCUT2D eigenvalue weighted by Crippen LogP contribution is -2.18. The van der Waals surface area contributed by atoms with E-state index in [0.717, 1.165) is 12.0 Å². The van der Waals surface area contributed by atoms with E-state index >= 15 is 0 Å². The van der Waals surface area contributed by atoms with Crippen molar-refractivity contribution in [3.8, 4) is 0 Å². The fraction of sp³-hybridized carbons (Fsp3) is 0.400. The Hall–Kier alpha value is -0.930. The molecule has 0 saturated heterocycles. The molecule has 3 N–H and O–H groups in total. The highest BCUT2D eigenvalue weighted by Crippen LogP contribution is 2.20. The predicted molar refractivity (Wildman–Crippen MR) is 49.8 cm³/mol. The maximum absolute atomic E-state index is 13.3. The van der Waals surface area contributed by atoms with E-state index in [1.165, 1.54) is 6.07 Å². The Kier molecular flexibility index (Phi) is 3.39. The second-order valence-electron chi connectivity index (χ2n) is 2.96. The Morgan fingerprint density at radius 1 is 1.54 bits per heavy atom. The molecule has 0 heterocycles. The zero-order chi connectivity index (χ0) is 9.84. The number of hydrogen-bond donors (Lipinski definition) is 2. The van der Waals surface area contributed by atoms with Crippen molar-refractivity contribution in [2.24, 2.45) is 5.73 Å². The molecule has 0 bridgehead atoms. The molecular weight excluding hydrogens is 169 g/mol. The van der Waals surface area contributed by atoms with Gasteiger partial charge in [-0.3, -0.25) is 0 Å². The van der Waals surface area contributed by atoms with Crippen LogP contribution in [0.2, 0.25) is 0 Å². The molecule has 0 fully saturated rings. The number of aliphatic hydroxyl groups excluding tert-OH is 1. The molecule has 0 unspecified atom stereocenters. The third-order valence-electron chi connectivity index (χ3n) is 2.09. The predicted octanol–water partition coefficient (Wildman–Crippen LogP) is 1.38. The summed E-state index contributed by atoms with van der Waals surface area (Å²) in [7, 11) is 0. The van der Waals surface area contributed by atoms with Gasteiger partial charge in [0.1, 0.15) is 5.82 Å². The van der Waals surface area contributed by atoms with Crippen molar-refractivity contribution in [2.75, 3.05) is 6.61 Å². The first-order valence-electron chi connectivity index (χ1n) is 4.34. The summed E-state index contributed by atoms with van der Waals surface area (Å²) in [5.41, 5.74) is 6.88. The van der Waals surface area contributed by atoms with Crippen LogP contribution in [0.25, 0.3) is 0 Å². The summed E-state index contributed by atoms with van der Waals surface area (Å²) in [4.78, 5) is 0. The van der Waals surface area contributed by atoms with E-state index in [0.29, 0.717) is 5.56 Å². The van der Waals surface area contributed by atoms with E-state index < -0.39 is 6.04 Å². The molecule has 13 heavy (non-hydrogen) atoms. The summed E-state index contributed by atoms with van der Waals surface area (Å²) >= 11 is 0. The van der Waals surface area contributed by atoms with Crippen LogP contribution in [0.1, 0.15) is 24.1 Å². The van der Waals surface area contributed by atoms with Gasteiger partial charge < -0.3 is 10.8 Å². The van der Waals surface area contributed by atoms with Gasteiger partial charge in [0.05, 0.1) is 12.6 Å². The highest BCUT2D eigenvalue weighted by atomic mass is 19.1. The Bertz CT molecular complexity index is 288. The van der Waals surface area contributed by atoms with Crippen LogP contribution < -0.4 is 5.73 Å². The Morgan fingerprint density at radius 3 is 2.77 bits per heavy atom. The summed E-state index contributed by atoms with van der Waals surface area (Å²) < 4.78 is 13.3. The van der Waals surface area contributed by atoms with E-state index in [-0.39, 0.29) is 12.4 Å². The maximum Gasteiger partial charge on any atom is 0.128 e. The maximum atomic E-state index is 13.3. The zero-order valence-electron chi connectivity index (χ0n) is 7.63. The monoisotopic (exact) mass is 183 g/mol. The molecular formula is C10H14FNO. The molecule has 0 saturated carbocycles. The molecule has 1 rings (SSSR count). The van der Waals surface area contributed by atoms with Gasteiger partial charge in [-0.25, -0.2) is 4.39 Å². The van der Waals surface area contributed by atoms with Crippen molar-refractivity contribution in [2.45, 2.75) is 19.4 Å². The third-order valence-corrected chi connectivity index (χ3v) is 2.09. The van der Waals surface area contributed by atoms with E-state index in [2.05, 4.69) is 0 Å². The lowest BCUT2D eigenvalue weighted by molar-refractivity contribution is 0.264. The summed E-state index contributed by atoms with van der Waals surface area (Å²) in [5.74, 6) is -0.332. The van der Waals surface area contributed by atoms with Crippen molar-refractivity contribution in [1.82, 2.24) is 0 Å². The first kappa shape index (κ1) is 10.2. The van der Waals surface area contributed by atoms with Gasteiger partial charge in [0.2, 0.25) is 0 Å². The quantitative estimate of drug-likeness (QED) is 0.743. The van der Waals surface area contributed by atoms with Crippen LogP contribution in [-0.2, 0) is 6.42 Å². The van der Waals surface area contributed by atoms with Crippen LogP contribution in [0.3, 0.4) is 0 Å². The topological polar surface area (TPSA) is 46.2 Å². The number of aryl methyl sites for hydroxylation is 1. The normalized spacial score (nSPS) is 12.9. The van der Waals surface area contributed by atoms with Crippen LogP contribution in [0, 0.1) is 5.82 Å². The van der Waals surface area contributed by atoms with Crippen molar-refractivity contribution >= 4 is 0 Å². The van der Waals surface area contributed by atoms with Crippen LogP contribution in [-0.4, -0.2) is 11.7 Å². The number of rotatable bonds is 3. The van der Waals surface area contributed by atoms with Crippen molar-refractivity contribution < 1.29 is 9.50 Å². The van der Waals surface area contributed by atoms with Crippen LogP contribution in [0.15, 0.2) is 18.2 Å². The minimum Gasteiger partial charge on any atom is -0.394 e. The van der Waals surface area contributed by atoms with Crippen LogP contribution in [0.4, 0.5) is 4.39 Å². The Balaban J connectivity index is 3.14. The molecule has 0 aliphatic rings. The summed E-state index contributed by atoms with van der Waals surface area (Å²) in [6, 6.07) is 4.23. The molecule has 0 spiro atoms. The van der Waals surface area contributed by atoms with Gasteiger partial charge in [-0.05, 0) is 18.1 Å². The second kappa shape index (κ2) is 4.35. The van der Waals surface area contributed by atoms with Crippen LogP contribution >= 0.6 is 0 Å². The van der Waals surface area contributed by atoms with E-state index in [4.69, 9.17) is 10.8 Å². The molecule has 1 aromatic carbocycles. The number of nitrogens with two attached hydrogens (primary N) is 1. The first-order valence-corrected chi connectivity index (χ1v) is 4.34. The number of halogens is 1. The van der Waals surface area contributed by atoms with Crippen LogP contribution in [0.5, 0.6) is 0 Å². The van der Waals surface area contributed by atoms with Crippen molar-refractivity contribution in [1.29, 1.82) is 0 Å². The highest BCUT2D eigenvalue weighted by molar-refractivity contribution is 5.31. The third kappa shape index (κ3) is 2.05. The molecule has 1 aromatic rings. The fourth-order valence-electron chi connectivity index (χ4n) is 1.40. The Labute approximate surface area is 77.2 Å². The first-order chi connectivity index (χ1) is 6.20. The SMILES string of the molecule is CCc1cccc(F)c1[C@H](N)CO. The Morgan fingerprint density at radius 2 is 2.23 bits per heavy atom. The minimum absolute atomic E-state index is 0.228. The average Bonchev–Trinajstić information content (AvgIpc) is 2.16. The zero-order valence-corrected chi connectivity index (χ0v) is 7.63. The molecule has 0 aliphatic heterocycles. The van der Waals surface area contributed by atoms with Crippen molar-refractivity contribution in [3.63, 3.8) is 0 Å². The average molecular weight is 183 g/mol. The molecule has 1 atom stereocenters.